The van der Waals surface area contributed by atoms with E-state index >= 15 is 0 Å². The number of nitrogens with one attached hydrogen (secondary N) is 1. The molecular formula is C18H17N7O. The van der Waals surface area contributed by atoms with Crippen LogP contribution in [0.2, 0.25) is 0 Å². The quantitative estimate of drug-likeness (QED) is 0.554. The molecule has 0 aliphatic heterocycles. The first-order valence-electron chi connectivity index (χ1n) is 8.07. The molecule has 26 heavy (non-hydrogen) atoms. The minimum Gasteiger partial charge on any atom is -0.494 e. The summed E-state index contributed by atoms with van der Waals surface area (Å²) >= 11 is 0. The Hall–Kier alpha value is -3.55. The molecule has 0 saturated carbocycles. The summed E-state index contributed by atoms with van der Waals surface area (Å²) in [6.45, 7) is 3.79. The maximum absolute atomic E-state index is 10.4. The Morgan fingerprint density at radius 3 is 2.85 bits per heavy atom. The van der Waals surface area contributed by atoms with E-state index in [9.17, 15) is 5.11 Å². The molecule has 0 fully saturated rings. The first-order valence-corrected chi connectivity index (χ1v) is 8.07. The molecule has 0 saturated heterocycles. The summed E-state index contributed by atoms with van der Waals surface area (Å²) in [5, 5.41) is 14.6. The van der Waals surface area contributed by atoms with Gasteiger partial charge in [-0.25, -0.2) is 15.0 Å². The Morgan fingerprint density at radius 2 is 2.12 bits per heavy atom. The van der Waals surface area contributed by atoms with Crippen molar-refractivity contribution >= 4 is 22.6 Å². The van der Waals surface area contributed by atoms with E-state index in [4.69, 9.17) is 0 Å². The molecule has 0 aliphatic carbocycles. The van der Waals surface area contributed by atoms with Crippen LogP contribution >= 0.6 is 0 Å². The molecule has 4 rings (SSSR count). The lowest BCUT2D eigenvalue weighted by Crippen LogP contribution is -1.97. The van der Waals surface area contributed by atoms with E-state index in [1.54, 1.807) is 29.3 Å². The van der Waals surface area contributed by atoms with Gasteiger partial charge >= 0.3 is 0 Å². The molecule has 2 N–H and O–H groups in total. The summed E-state index contributed by atoms with van der Waals surface area (Å²) < 4.78 is 1.67. The SMILES string of the molecule is CC(=Nc1ccn(C)n1)c1c(O)[nH]c2cnc(-c3cnccc3C)nc12. The zero-order chi connectivity index (χ0) is 18.3. The molecular weight excluding hydrogens is 330 g/mol. The molecule has 0 aliphatic rings. The number of hydrogen-bond acceptors (Lipinski definition) is 6. The minimum absolute atomic E-state index is 0.00606. The third-order valence-corrected chi connectivity index (χ3v) is 4.14. The summed E-state index contributed by atoms with van der Waals surface area (Å²) in [5.41, 5.74) is 4.27. The van der Waals surface area contributed by atoms with Crippen molar-refractivity contribution in [1.29, 1.82) is 0 Å². The van der Waals surface area contributed by atoms with Crippen LogP contribution in [-0.4, -0.2) is 40.5 Å². The van der Waals surface area contributed by atoms with Gasteiger partial charge in [-0.15, -0.1) is 0 Å². The van der Waals surface area contributed by atoms with Gasteiger partial charge in [0.1, 0.15) is 5.52 Å². The van der Waals surface area contributed by atoms with E-state index < -0.39 is 0 Å². The molecule has 0 aromatic carbocycles. The van der Waals surface area contributed by atoms with E-state index in [0.717, 1.165) is 11.1 Å². The zero-order valence-corrected chi connectivity index (χ0v) is 14.6. The molecule has 4 heterocycles. The number of H-pyrrole nitrogens is 1. The Kier molecular flexibility index (Phi) is 3.72. The summed E-state index contributed by atoms with van der Waals surface area (Å²) in [6, 6.07) is 3.71. The predicted molar refractivity (Wildman–Crippen MR) is 98.6 cm³/mol. The molecule has 0 unspecified atom stereocenters. The third kappa shape index (κ3) is 2.71. The number of pyridine rings is 1. The van der Waals surface area contributed by atoms with E-state index in [-0.39, 0.29) is 5.88 Å². The molecule has 0 bridgehead atoms. The topological polar surface area (TPSA) is 105 Å². The first kappa shape index (κ1) is 15.9. The molecule has 4 aromatic rings. The highest BCUT2D eigenvalue weighted by molar-refractivity contribution is 6.11. The van der Waals surface area contributed by atoms with Gasteiger partial charge in [-0.05, 0) is 25.5 Å². The summed E-state index contributed by atoms with van der Waals surface area (Å²) in [4.78, 5) is 20.6. The largest absolute Gasteiger partial charge is 0.494 e. The number of rotatable bonds is 3. The van der Waals surface area contributed by atoms with Crippen molar-refractivity contribution in [2.45, 2.75) is 13.8 Å². The minimum atomic E-state index is 0.00606. The lowest BCUT2D eigenvalue weighted by molar-refractivity contribution is 0.457. The normalized spacial score (nSPS) is 12.0. The summed E-state index contributed by atoms with van der Waals surface area (Å²) in [5.74, 6) is 1.12. The molecule has 8 heteroatoms. The van der Waals surface area contributed by atoms with Crippen molar-refractivity contribution < 1.29 is 5.11 Å². The van der Waals surface area contributed by atoms with Crippen molar-refractivity contribution in [3.05, 3.63) is 48.0 Å². The number of hydrogen-bond donors (Lipinski definition) is 2. The van der Waals surface area contributed by atoms with Gasteiger partial charge in [0.25, 0.3) is 0 Å². The number of aromatic nitrogens is 6. The fourth-order valence-corrected chi connectivity index (χ4v) is 2.83. The van der Waals surface area contributed by atoms with E-state index in [0.29, 0.717) is 34.0 Å². The highest BCUT2D eigenvalue weighted by Gasteiger charge is 2.17. The molecule has 0 radical (unpaired) electrons. The standard InChI is InChI=1S/C18H17N7O/c1-10-4-6-19-8-12(10)17-20-9-13-16(23-17)15(18(26)22-13)11(2)21-14-5-7-25(3)24-14/h4-9,22,26H,1-3H3. The maximum Gasteiger partial charge on any atom is 0.200 e. The monoisotopic (exact) mass is 347 g/mol. The van der Waals surface area contributed by atoms with Gasteiger partial charge in [0, 0.05) is 37.3 Å². The van der Waals surface area contributed by atoms with Crippen LogP contribution in [0, 0.1) is 6.92 Å². The Labute approximate surface area is 149 Å². The van der Waals surface area contributed by atoms with Gasteiger partial charge < -0.3 is 10.1 Å². The average Bonchev–Trinajstić information content (AvgIpc) is 3.16. The van der Waals surface area contributed by atoms with Crippen molar-refractivity contribution in [1.82, 2.24) is 29.7 Å². The van der Waals surface area contributed by atoms with Gasteiger partial charge in [-0.1, -0.05) is 0 Å². The highest BCUT2D eigenvalue weighted by atomic mass is 16.3. The van der Waals surface area contributed by atoms with Crippen LogP contribution < -0.4 is 0 Å². The van der Waals surface area contributed by atoms with Crippen LogP contribution in [0.3, 0.4) is 0 Å². The molecule has 0 amide bonds. The van der Waals surface area contributed by atoms with Crippen LogP contribution in [-0.2, 0) is 7.05 Å². The lowest BCUT2D eigenvalue weighted by Gasteiger charge is -2.04. The molecule has 8 nitrogen and oxygen atoms in total. The van der Waals surface area contributed by atoms with E-state index in [2.05, 4.69) is 30.0 Å². The van der Waals surface area contributed by atoms with Crippen molar-refractivity contribution in [2.75, 3.05) is 0 Å². The van der Waals surface area contributed by atoms with Gasteiger partial charge in [0.05, 0.1) is 23.0 Å². The molecule has 130 valence electrons. The van der Waals surface area contributed by atoms with E-state index in [1.807, 2.05) is 33.2 Å². The maximum atomic E-state index is 10.4. The van der Waals surface area contributed by atoms with Crippen LogP contribution in [0.1, 0.15) is 18.1 Å². The van der Waals surface area contributed by atoms with Gasteiger partial charge in [-0.3, -0.25) is 9.67 Å². The second-order valence-corrected chi connectivity index (χ2v) is 6.04. The number of nitrogens with zero attached hydrogens (tertiary/aromatic N) is 6. The summed E-state index contributed by atoms with van der Waals surface area (Å²) in [6.07, 6.45) is 6.93. The number of aromatic amines is 1. The van der Waals surface area contributed by atoms with Crippen LogP contribution in [0.15, 0.2) is 41.9 Å². The van der Waals surface area contributed by atoms with Gasteiger partial charge in [-0.2, -0.15) is 5.10 Å². The van der Waals surface area contributed by atoms with Crippen LogP contribution in [0.4, 0.5) is 5.82 Å². The number of aryl methyl sites for hydroxylation is 2. The Balaban J connectivity index is 1.87. The Morgan fingerprint density at radius 1 is 1.27 bits per heavy atom. The van der Waals surface area contributed by atoms with Crippen molar-refractivity contribution in [3.63, 3.8) is 0 Å². The highest BCUT2D eigenvalue weighted by Crippen LogP contribution is 2.29. The number of aliphatic imine (C=N–C) groups is 1. The van der Waals surface area contributed by atoms with Gasteiger partial charge in [0.2, 0.25) is 0 Å². The Bertz CT molecular complexity index is 1140. The predicted octanol–water partition coefficient (Wildman–Crippen LogP) is 2.91. The van der Waals surface area contributed by atoms with Crippen LogP contribution in [0.5, 0.6) is 5.88 Å². The van der Waals surface area contributed by atoms with Crippen LogP contribution in [0.25, 0.3) is 22.4 Å². The van der Waals surface area contributed by atoms with E-state index in [1.165, 1.54) is 0 Å². The van der Waals surface area contributed by atoms with Gasteiger partial charge in [0.15, 0.2) is 17.5 Å². The third-order valence-electron chi connectivity index (χ3n) is 4.14. The lowest BCUT2D eigenvalue weighted by atomic mass is 10.1. The molecule has 0 spiro atoms. The molecule has 4 aromatic heterocycles. The number of fused-ring (bicyclic) bond motifs is 1. The second kappa shape index (κ2) is 6.07. The number of aromatic hydroxyl groups is 1. The second-order valence-electron chi connectivity index (χ2n) is 6.04. The smallest absolute Gasteiger partial charge is 0.200 e. The summed E-state index contributed by atoms with van der Waals surface area (Å²) in [7, 11) is 1.83. The average molecular weight is 347 g/mol. The fourth-order valence-electron chi connectivity index (χ4n) is 2.83. The van der Waals surface area contributed by atoms with Crippen molar-refractivity contribution in [2.24, 2.45) is 12.0 Å². The van der Waals surface area contributed by atoms with Crippen molar-refractivity contribution in [3.8, 4) is 17.3 Å². The molecule has 0 atom stereocenters. The fraction of sp³-hybridized carbons (Fsp3) is 0.167. The first-order chi connectivity index (χ1) is 12.5. The zero-order valence-electron chi connectivity index (χ0n) is 14.6.